The van der Waals surface area contributed by atoms with Crippen LogP contribution in [0.2, 0.25) is 0 Å². The summed E-state index contributed by atoms with van der Waals surface area (Å²) in [5.74, 6) is 0.676. The second-order valence-electron chi connectivity index (χ2n) is 4.32. The molecular formula is C12H18N2O3S. The lowest BCUT2D eigenvalue weighted by molar-refractivity contribution is 0.340. The Morgan fingerprint density at radius 2 is 2.06 bits per heavy atom. The Balaban J connectivity index is 2.19. The van der Waals surface area contributed by atoms with E-state index in [-0.39, 0.29) is 6.04 Å². The Labute approximate surface area is 108 Å². The summed E-state index contributed by atoms with van der Waals surface area (Å²) >= 11 is 0. The average molecular weight is 270 g/mol. The van der Waals surface area contributed by atoms with Crippen molar-refractivity contribution >= 4 is 10.0 Å². The lowest BCUT2D eigenvalue weighted by Gasteiger charge is -2.16. The van der Waals surface area contributed by atoms with Crippen LogP contribution in [0.3, 0.4) is 0 Å². The summed E-state index contributed by atoms with van der Waals surface area (Å²) in [4.78, 5) is 0.292. The van der Waals surface area contributed by atoms with Crippen molar-refractivity contribution in [2.24, 2.45) is 5.73 Å². The first-order valence-corrected chi connectivity index (χ1v) is 7.46. The van der Waals surface area contributed by atoms with Gasteiger partial charge in [-0.15, -0.1) is 0 Å². The van der Waals surface area contributed by atoms with Crippen LogP contribution in [0.5, 0.6) is 5.75 Å². The monoisotopic (exact) mass is 270 g/mol. The molecule has 0 spiro atoms. The van der Waals surface area contributed by atoms with Crippen molar-refractivity contribution in [2.75, 3.05) is 19.7 Å². The Morgan fingerprint density at radius 3 is 2.56 bits per heavy atom. The standard InChI is InChI=1S/C12H18N2O3S/c1-2-17-11-3-5-12(6-4-11)18(15,16)14-8-7-10(13)9-14/h3-6,10H,2,7-9,13H2,1H3. The average Bonchev–Trinajstić information content (AvgIpc) is 2.78. The van der Waals surface area contributed by atoms with Gasteiger partial charge >= 0.3 is 0 Å². The fourth-order valence-electron chi connectivity index (χ4n) is 2.00. The molecule has 2 rings (SSSR count). The van der Waals surface area contributed by atoms with Crippen molar-refractivity contribution in [3.05, 3.63) is 24.3 Å². The van der Waals surface area contributed by atoms with Gasteiger partial charge in [0.1, 0.15) is 5.75 Å². The van der Waals surface area contributed by atoms with Crippen LogP contribution in [0, 0.1) is 0 Å². The summed E-state index contributed by atoms with van der Waals surface area (Å²) in [6.07, 6.45) is 0.719. The molecule has 1 unspecified atom stereocenters. The molecule has 2 N–H and O–H groups in total. The third kappa shape index (κ3) is 2.66. The highest BCUT2D eigenvalue weighted by atomic mass is 32.2. The van der Waals surface area contributed by atoms with Gasteiger partial charge in [-0.25, -0.2) is 8.42 Å². The number of hydrogen-bond acceptors (Lipinski definition) is 4. The smallest absolute Gasteiger partial charge is 0.243 e. The minimum Gasteiger partial charge on any atom is -0.494 e. The molecule has 0 amide bonds. The number of sulfonamides is 1. The first-order valence-electron chi connectivity index (χ1n) is 6.02. The van der Waals surface area contributed by atoms with Crippen LogP contribution in [-0.2, 0) is 10.0 Å². The van der Waals surface area contributed by atoms with Gasteiger partial charge < -0.3 is 10.5 Å². The van der Waals surface area contributed by atoms with Crippen LogP contribution in [0.1, 0.15) is 13.3 Å². The minimum atomic E-state index is -3.41. The van der Waals surface area contributed by atoms with Gasteiger partial charge in [-0.1, -0.05) is 0 Å². The van der Waals surface area contributed by atoms with Gasteiger partial charge in [0.15, 0.2) is 0 Å². The number of hydrogen-bond donors (Lipinski definition) is 1. The zero-order chi connectivity index (χ0) is 13.2. The highest BCUT2D eigenvalue weighted by molar-refractivity contribution is 7.89. The molecule has 6 heteroatoms. The van der Waals surface area contributed by atoms with Crippen molar-refractivity contribution < 1.29 is 13.2 Å². The van der Waals surface area contributed by atoms with E-state index in [4.69, 9.17) is 10.5 Å². The molecule has 1 aromatic rings. The number of ether oxygens (including phenoxy) is 1. The third-order valence-electron chi connectivity index (χ3n) is 2.96. The van der Waals surface area contributed by atoms with E-state index in [0.29, 0.717) is 30.3 Å². The molecular weight excluding hydrogens is 252 g/mol. The van der Waals surface area contributed by atoms with Crippen molar-refractivity contribution in [3.63, 3.8) is 0 Å². The Morgan fingerprint density at radius 1 is 1.39 bits per heavy atom. The first-order chi connectivity index (χ1) is 8.54. The van der Waals surface area contributed by atoms with Gasteiger partial charge in [-0.05, 0) is 37.6 Å². The summed E-state index contributed by atoms with van der Waals surface area (Å²) in [6.45, 7) is 3.34. The molecule has 0 radical (unpaired) electrons. The Hall–Kier alpha value is -1.11. The van der Waals surface area contributed by atoms with Crippen molar-refractivity contribution in [1.29, 1.82) is 0 Å². The second-order valence-corrected chi connectivity index (χ2v) is 6.25. The maximum absolute atomic E-state index is 12.3. The van der Waals surface area contributed by atoms with Crippen LogP contribution in [0.25, 0.3) is 0 Å². The van der Waals surface area contributed by atoms with E-state index in [1.54, 1.807) is 24.3 Å². The van der Waals surface area contributed by atoms with E-state index in [2.05, 4.69) is 0 Å². The SMILES string of the molecule is CCOc1ccc(S(=O)(=O)N2CCC(N)C2)cc1. The predicted molar refractivity (Wildman–Crippen MR) is 69.0 cm³/mol. The van der Waals surface area contributed by atoms with Crippen molar-refractivity contribution in [1.82, 2.24) is 4.31 Å². The summed E-state index contributed by atoms with van der Waals surface area (Å²) in [5.41, 5.74) is 5.74. The Kier molecular flexibility index (Phi) is 3.89. The highest BCUT2D eigenvalue weighted by Crippen LogP contribution is 2.22. The molecule has 1 heterocycles. The van der Waals surface area contributed by atoms with E-state index in [1.807, 2.05) is 6.92 Å². The molecule has 18 heavy (non-hydrogen) atoms. The molecule has 1 aromatic carbocycles. The zero-order valence-corrected chi connectivity index (χ0v) is 11.2. The van der Waals surface area contributed by atoms with Gasteiger partial charge in [-0.3, -0.25) is 0 Å². The highest BCUT2D eigenvalue weighted by Gasteiger charge is 2.30. The molecule has 0 aliphatic carbocycles. The van der Waals surface area contributed by atoms with E-state index in [1.165, 1.54) is 4.31 Å². The normalized spacial score (nSPS) is 21.1. The molecule has 0 bridgehead atoms. The first kappa shape index (κ1) is 13.3. The quantitative estimate of drug-likeness (QED) is 0.878. The second kappa shape index (κ2) is 5.26. The lowest BCUT2D eigenvalue weighted by Crippen LogP contribution is -2.31. The summed E-state index contributed by atoms with van der Waals surface area (Å²) < 4.78 is 31.3. The fraction of sp³-hybridized carbons (Fsp3) is 0.500. The van der Waals surface area contributed by atoms with Crippen LogP contribution >= 0.6 is 0 Å². The van der Waals surface area contributed by atoms with Crippen LogP contribution in [0.4, 0.5) is 0 Å². The van der Waals surface area contributed by atoms with Gasteiger partial charge in [-0.2, -0.15) is 4.31 Å². The van der Waals surface area contributed by atoms with Crippen LogP contribution in [0.15, 0.2) is 29.2 Å². The van der Waals surface area contributed by atoms with Gasteiger partial charge in [0.2, 0.25) is 10.0 Å². The molecule has 5 nitrogen and oxygen atoms in total. The number of rotatable bonds is 4. The molecule has 0 saturated carbocycles. The molecule has 1 aliphatic heterocycles. The van der Waals surface area contributed by atoms with Crippen LogP contribution < -0.4 is 10.5 Å². The minimum absolute atomic E-state index is 0.0533. The fourth-order valence-corrected chi connectivity index (χ4v) is 3.51. The van der Waals surface area contributed by atoms with Gasteiger partial charge in [0.05, 0.1) is 11.5 Å². The molecule has 1 atom stereocenters. The van der Waals surface area contributed by atoms with Crippen molar-refractivity contribution in [2.45, 2.75) is 24.3 Å². The summed E-state index contributed by atoms with van der Waals surface area (Å²) in [7, 11) is -3.41. The number of nitrogens with zero attached hydrogens (tertiary/aromatic N) is 1. The molecule has 0 aromatic heterocycles. The zero-order valence-electron chi connectivity index (χ0n) is 10.4. The van der Waals surface area contributed by atoms with E-state index in [9.17, 15) is 8.42 Å². The van der Waals surface area contributed by atoms with Crippen LogP contribution in [-0.4, -0.2) is 38.5 Å². The van der Waals surface area contributed by atoms with E-state index in [0.717, 1.165) is 6.42 Å². The number of benzene rings is 1. The summed E-state index contributed by atoms with van der Waals surface area (Å²) in [6, 6.07) is 6.44. The third-order valence-corrected chi connectivity index (χ3v) is 4.84. The summed E-state index contributed by atoms with van der Waals surface area (Å²) in [5, 5.41) is 0. The molecule has 1 saturated heterocycles. The molecule has 100 valence electrons. The molecule has 1 aliphatic rings. The predicted octanol–water partition coefficient (Wildman–Crippen LogP) is 0.807. The van der Waals surface area contributed by atoms with E-state index < -0.39 is 10.0 Å². The van der Waals surface area contributed by atoms with Crippen molar-refractivity contribution in [3.8, 4) is 5.75 Å². The lowest BCUT2D eigenvalue weighted by atomic mass is 10.3. The van der Waals surface area contributed by atoms with Gasteiger partial charge in [0, 0.05) is 19.1 Å². The largest absolute Gasteiger partial charge is 0.494 e. The van der Waals surface area contributed by atoms with E-state index >= 15 is 0 Å². The topological polar surface area (TPSA) is 72.6 Å². The maximum atomic E-state index is 12.3. The number of nitrogens with two attached hydrogens (primary N) is 1. The maximum Gasteiger partial charge on any atom is 0.243 e. The molecule has 1 fully saturated rings. The van der Waals surface area contributed by atoms with Gasteiger partial charge in [0.25, 0.3) is 0 Å². The Bertz CT molecular complexity index is 499.